The van der Waals surface area contributed by atoms with E-state index in [-0.39, 0.29) is 11.7 Å². The number of phenolic OH excluding ortho intramolecular Hbond substituents is 1. The van der Waals surface area contributed by atoms with Gasteiger partial charge in [0.2, 0.25) is 0 Å². The maximum Gasteiger partial charge on any atom is 0.340 e. The van der Waals surface area contributed by atoms with Crippen LogP contribution in [0, 0.1) is 0 Å². The number of hydrogen-bond acceptors (Lipinski definition) is 6. The van der Waals surface area contributed by atoms with Gasteiger partial charge in [0.05, 0.1) is 12.2 Å². The molecule has 0 aliphatic carbocycles. The van der Waals surface area contributed by atoms with E-state index in [4.69, 9.17) is 4.74 Å². The Hall–Kier alpha value is -2.90. The number of esters is 1. The van der Waals surface area contributed by atoms with Crippen molar-refractivity contribution in [1.29, 1.82) is 0 Å². The van der Waals surface area contributed by atoms with Crippen LogP contribution >= 0.6 is 0 Å². The molecule has 2 N–H and O–H groups in total. The number of ether oxygens (including phenoxy) is 1. The van der Waals surface area contributed by atoms with Crippen LogP contribution in [0.15, 0.2) is 30.6 Å². The number of benzene rings is 1. The van der Waals surface area contributed by atoms with Crippen LogP contribution in [0.1, 0.15) is 41.4 Å². The number of rotatable bonds is 7. The van der Waals surface area contributed by atoms with Crippen LogP contribution in [0.2, 0.25) is 0 Å². The second-order valence-electron chi connectivity index (χ2n) is 8.34. The predicted molar refractivity (Wildman–Crippen MR) is 121 cm³/mol. The lowest BCUT2D eigenvalue weighted by atomic mass is 9.96. The number of likely N-dealkylation sites (tertiary alicyclic amines) is 1. The van der Waals surface area contributed by atoms with Gasteiger partial charge in [0.15, 0.2) is 0 Å². The summed E-state index contributed by atoms with van der Waals surface area (Å²) in [7, 11) is 3.92. The van der Waals surface area contributed by atoms with E-state index < -0.39 is 0 Å². The van der Waals surface area contributed by atoms with Gasteiger partial charge in [0.1, 0.15) is 5.75 Å². The second-order valence-corrected chi connectivity index (χ2v) is 8.34. The summed E-state index contributed by atoms with van der Waals surface area (Å²) in [5.74, 6) is -0.157. The van der Waals surface area contributed by atoms with Crippen LogP contribution in [0.3, 0.4) is 0 Å². The van der Waals surface area contributed by atoms with E-state index in [0.29, 0.717) is 30.8 Å². The summed E-state index contributed by atoms with van der Waals surface area (Å²) >= 11 is 0. The summed E-state index contributed by atoms with van der Waals surface area (Å²) in [6.07, 6.45) is 5.76. The molecular weight excluding hydrogens is 392 g/mol. The first-order valence-corrected chi connectivity index (χ1v) is 10.8. The summed E-state index contributed by atoms with van der Waals surface area (Å²) in [5.41, 5.74) is 4.46. The highest BCUT2D eigenvalue weighted by Crippen LogP contribution is 2.41. The Bertz CT molecular complexity index is 1070. The van der Waals surface area contributed by atoms with Gasteiger partial charge in [0.25, 0.3) is 0 Å². The summed E-state index contributed by atoms with van der Waals surface area (Å²) < 4.78 is 5.41. The molecule has 0 spiro atoms. The standard InChI is InChI=1S/C24H30N4O3/c1-4-31-24(30)22-20(15-27(2)3)26-19-12-17(16-8-7-9-25-13-16)23(29)18(21(19)22)14-28-10-5-6-11-28/h7-9,12-13,26,29H,4-6,10-11,14-15H2,1-3H3. The number of nitrogens with one attached hydrogen (secondary N) is 1. The highest BCUT2D eigenvalue weighted by atomic mass is 16.5. The number of carbonyl (C=O) groups excluding carboxylic acids is 1. The molecular formula is C24H30N4O3. The Kier molecular flexibility index (Phi) is 6.25. The lowest BCUT2D eigenvalue weighted by molar-refractivity contribution is 0.0526. The molecule has 2 aromatic heterocycles. The minimum atomic E-state index is -0.359. The molecule has 7 nitrogen and oxygen atoms in total. The Morgan fingerprint density at radius 2 is 2.10 bits per heavy atom. The lowest BCUT2D eigenvalue weighted by Gasteiger charge is -2.19. The first kappa shape index (κ1) is 21.3. The lowest BCUT2D eigenvalue weighted by Crippen LogP contribution is -2.19. The molecule has 0 atom stereocenters. The molecule has 31 heavy (non-hydrogen) atoms. The van der Waals surface area contributed by atoms with Gasteiger partial charge in [-0.2, -0.15) is 0 Å². The maximum atomic E-state index is 13.0. The number of pyridine rings is 1. The summed E-state index contributed by atoms with van der Waals surface area (Å²) in [6, 6.07) is 5.70. The molecule has 0 unspecified atom stereocenters. The largest absolute Gasteiger partial charge is 0.507 e. The van der Waals surface area contributed by atoms with E-state index >= 15 is 0 Å². The third-order valence-electron chi connectivity index (χ3n) is 5.74. The van der Waals surface area contributed by atoms with Crippen LogP contribution < -0.4 is 0 Å². The van der Waals surface area contributed by atoms with Crippen LogP contribution in [-0.4, -0.2) is 64.6 Å². The van der Waals surface area contributed by atoms with E-state index in [2.05, 4.69) is 14.9 Å². The molecule has 1 aliphatic heterocycles. The quantitative estimate of drug-likeness (QED) is 0.564. The fraction of sp³-hybridized carbons (Fsp3) is 0.417. The van der Waals surface area contributed by atoms with E-state index in [1.807, 2.05) is 44.1 Å². The zero-order chi connectivity index (χ0) is 22.0. The number of H-pyrrole nitrogens is 1. The molecule has 1 aromatic carbocycles. The number of aromatic nitrogens is 2. The molecule has 0 amide bonds. The van der Waals surface area contributed by atoms with Gasteiger partial charge in [-0.25, -0.2) is 4.79 Å². The molecule has 0 saturated carbocycles. The van der Waals surface area contributed by atoms with Gasteiger partial charge in [-0.1, -0.05) is 6.07 Å². The molecule has 7 heteroatoms. The molecule has 0 bridgehead atoms. The van der Waals surface area contributed by atoms with Crippen molar-refractivity contribution in [2.45, 2.75) is 32.9 Å². The Morgan fingerprint density at radius 1 is 1.32 bits per heavy atom. The van der Waals surface area contributed by atoms with E-state index in [9.17, 15) is 9.90 Å². The number of aromatic amines is 1. The van der Waals surface area contributed by atoms with Crippen LogP contribution in [-0.2, 0) is 17.8 Å². The number of fused-ring (bicyclic) bond motifs is 1. The smallest absolute Gasteiger partial charge is 0.340 e. The predicted octanol–water partition coefficient (Wildman–Crippen LogP) is 3.77. The SMILES string of the molecule is CCOC(=O)c1c(CN(C)C)[nH]c2cc(-c3cccnc3)c(O)c(CN3CCCC3)c12. The van der Waals surface area contributed by atoms with Gasteiger partial charge in [-0.15, -0.1) is 0 Å². The van der Waals surface area contributed by atoms with Gasteiger partial charge < -0.3 is 19.7 Å². The van der Waals surface area contributed by atoms with Crippen molar-refractivity contribution < 1.29 is 14.6 Å². The van der Waals surface area contributed by atoms with Gasteiger partial charge >= 0.3 is 5.97 Å². The average Bonchev–Trinajstić information content (AvgIpc) is 3.37. The Labute approximate surface area is 182 Å². The van der Waals surface area contributed by atoms with Crippen molar-refractivity contribution in [1.82, 2.24) is 19.8 Å². The number of hydrogen-bond donors (Lipinski definition) is 2. The molecule has 1 saturated heterocycles. The van der Waals surface area contributed by atoms with Gasteiger partial charge in [-0.3, -0.25) is 9.88 Å². The third kappa shape index (κ3) is 4.29. The highest BCUT2D eigenvalue weighted by molar-refractivity contribution is 6.09. The van der Waals surface area contributed by atoms with Crippen molar-refractivity contribution in [3.63, 3.8) is 0 Å². The minimum absolute atomic E-state index is 0.202. The number of nitrogens with zero attached hydrogens (tertiary/aromatic N) is 3. The van der Waals surface area contributed by atoms with Crippen molar-refractivity contribution in [3.05, 3.63) is 47.4 Å². The highest BCUT2D eigenvalue weighted by Gasteiger charge is 2.27. The fourth-order valence-corrected chi connectivity index (χ4v) is 4.41. The van der Waals surface area contributed by atoms with Gasteiger partial charge in [0, 0.05) is 58.8 Å². The first-order chi connectivity index (χ1) is 15.0. The van der Waals surface area contributed by atoms with Crippen molar-refractivity contribution >= 4 is 16.9 Å². The Morgan fingerprint density at radius 3 is 2.74 bits per heavy atom. The minimum Gasteiger partial charge on any atom is -0.507 e. The van der Waals surface area contributed by atoms with Crippen molar-refractivity contribution in [2.75, 3.05) is 33.8 Å². The van der Waals surface area contributed by atoms with Gasteiger partial charge in [-0.05, 0) is 59.1 Å². The number of aromatic hydroxyl groups is 1. The molecule has 164 valence electrons. The number of carbonyl (C=O) groups is 1. The van der Waals surface area contributed by atoms with Crippen LogP contribution in [0.4, 0.5) is 0 Å². The molecule has 1 fully saturated rings. The van der Waals surface area contributed by atoms with Crippen LogP contribution in [0.5, 0.6) is 5.75 Å². The van der Waals surface area contributed by atoms with Crippen molar-refractivity contribution in [2.24, 2.45) is 0 Å². The average molecular weight is 423 g/mol. The van der Waals surface area contributed by atoms with Crippen LogP contribution in [0.25, 0.3) is 22.0 Å². The van der Waals surface area contributed by atoms with E-state index in [1.165, 1.54) is 0 Å². The first-order valence-electron chi connectivity index (χ1n) is 10.8. The number of phenols is 1. The monoisotopic (exact) mass is 422 g/mol. The van der Waals surface area contributed by atoms with E-state index in [0.717, 1.165) is 53.7 Å². The maximum absolute atomic E-state index is 13.0. The fourth-order valence-electron chi connectivity index (χ4n) is 4.41. The molecule has 3 aromatic rings. The summed E-state index contributed by atoms with van der Waals surface area (Å²) in [4.78, 5) is 25.0. The topological polar surface area (TPSA) is 81.7 Å². The molecule has 1 aliphatic rings. The molecule has 4 rings (SSSR count). The normalized spacial score (nSPS) is 14.6. The third-order valence-corrected chi connectivity index (χ3v) is 5.74. The van der Waals surface area contributed by atoms with Crippen molar-refractivity contribution in [3.8, 4) is 16.9 Å². The molecule has 0 radical (unpaired) electrons. The zero-order valence-corrected chi connectivity index (χ0v) is 18.4. The Balaban J connectivity index is 1.97. The summed E-state index contributed by atoms with van der Waals surface area (Å²) in [6.45, 7) is 5.23. The molecule has 3 heterocycles. The second kappa shape index (κ2) is 9.08. The summed E-state index contributed by atoms with van der Waals surface area (Å²) in [5, 5.41) is 12.2. The van der Waals surface area contributed by atoms with E-state index in [1.54, 1.807) is 12.4 Å². The zero-order valence-electron chi connectivity index (χ0n) is 18.4.